The minimum atomic E-state index is -4.64. The molecule has 0 saturated heterocycles. The number of aliphatic hydroxyl groups excluding tert-OH is 1. The number of carbonyl (C=O) groups excluding carboxylic acids is 2. The largest absolute Gasteiger partial charge is 0.478 e. The van der Waals surface area contributed by atoms with Crippen molar-refractivity contribution in [2.24, 2.45) is 0 Å². The van der Waals surface area contributed by atoms with Gasteiger partial charge in [0.2, 0.25) is 0 Å². The maximum Gasteiger partial charge on any atom is 0.337 e. The highest BCUT2D eigenvalue weighted by molar-refractivity contribution is 7.85. The van der Waals surface area contributed by atoms with E-state index in [0.29, 0.717) is 6.07 Å². The van der Waals surface area contributed by atoms with E-state index >= 15 is 0 Å². The van der Waals surface area contributed by atoms with Gasteiger partial charge in [-0.05, 0) is 18.2 Å². The Balaban J connectivity index is 2.50. The lowest BCUT2D eigenvalue weighted by Crippen LogP contribution is -2.31. The van der Waals surface area contributed by atoms with Gasteiger partial charge in [0.05, 0.1) is 42.0 Å². The van der Waals surface area contributed by atoms with Crippen molar-refractivity contribution >= 4 is 33.7 Å². The highest BCUT2D eigenvalue weighted by atomic mass is 32.2. The second-order valence-electron chi connectivity index (χ2n) is 5.41. The summed E-state index contributed by atoms with van der Waals surface area (Å²) >= 11 is 0. The Morgan fingerprint density at radius 1 is 1.33 bits per heavy atom. The molecule has 0 aliphatic carbocycles. The lowest BCUT2D eigenvalue weighted by molar-refractivity contribution is -0.136. The molecule has 1 aromatic rings. The van der Waals surface area contributed by atoms with Crippen molar-refractivity contribution in [2.75, 3.05) is 32.1 Å². The third kappa shape index (κ3) is 4.24. The van der Waals surface area contributed by atoms with Gasteiger partial charge in [-0.25, -0.2) is 9.59 Å². The van der Waals surface area contributed by atoms with Gasteiger partial charge in [-0.3, -0.25) is 9.35 Å². The van der Waals surface area contributed by atoms with E-state index in [2.05, 4.69) is 10.1 Å². The molecule has 1 aliphatic rings. The molecule has 0 spiro atoms. The topological polar surface area (TPSA) is 171 Å². The first-order valence-corrected chi connectivity index (χ1v) is 8.87. The van der Waals surface area contributed by atoms with E-state index in [1.54, 1.807) is 0 Å². The number of hydrogen-bond donors (Lipinski definition) is 4. The summed E-state index contributed by atoms with van der Waals surface area (Å²) in [5.74, 6) is -3.02. The smallest absolute Gasteiger partial charge is 0.337 e. The van der Waals surface area contributed by atoms with E-state index in [0.717, 1.165) is 24.1 Å². The fourth-order valence-corrected chi connectivity index (χ4v) is 2.96. The summed E-state index contributed by atoms with van der Waals surface area (Å²) in [6.45, 7) is -0.561. The van der Waals surface area contributed by atoms with Gasteiger partial charge in [-0.1, -0.05) is 0 Å². The van der Waals surface area contributed by atoms with Crippen LogP contribution in [0.1, 0.15) is 10.4 Å². The van der Waals surface area contributed by atoms with Crippen molar-refractivity contribution < 1.29 is 42.3 Å². The Morgan fingerprint density at radius 2 is 2.00 bits per heavy atom. The average molecular weight is 400 g/mol. The molecule has 0 fully saturated rings. The molecule has 27 heavy (non-hydrogen) atoms. The van der Waals surface area contributed by atoms with Crippen molar-refractivity contribution in [1.29, 1.82) is 0 Å². The van der Waals surface area contributed by atoms with Crippen molar-refractivity contribution in [2.45, 2.75) is 4.90 Å². The molecular weight excluding hydrogens is 384 g/mol. The van der Waals surface area contributed by atoms with Gasteiger partial charge in [0.1, 0.15) is 5.70 Å². The third-order valence-corrected chi connectivity index (χ3v) is 4.58. The molecule has 1 aromatic carbocycles. The van der Waals surface area contributed by atoms with Crippen molar-refractivity contribution in [3.63, 3.8) is 0 Å². The number of hydrogen-bond acceptors (Lipinski definition) is 8. The first kappa shape index (κ1) is 20.4. The standard InChI is InChI=1S/C15H16N2O9S/c1-26-15(22)10-7-17(4-5-18)13(19)12(10)16-11-3-2-8(27(23,24)25)6-9(11)14(20)21/h2-3,6,16,18H,4-5,7H2,1H3,(H,20,21)(H,23,24,25). The molecule has 0 saturated carbocycles. The summed E-state index contributed by atoms with van der Waals surface area (Å²) in [4.78, 5) is 36.3. The quantitative estimate of drug-likeness (QED) is 0.339. The van der Waals surface area contributed by atoms with E-state index in [1.165, 1.54) is 0 Å². The number of carbonyl (C=O) groups is 3. The number of benzene rings is 1. The number of nitrogens with zero attached hydrogens (tertiary/aromatic N) is 1. The predicted molar refractivity (Wildman–Crippen MR) is 89.5 cm³/mol. The number of methoxy groups -OCH3 is 1. The number of esters is 1. The summed E-state index contributed by atoms with van der Waals surface area (Å²) in [6.07, 6.45) is 0. The van der Waals surface area contributed by atoms with Crippen LogP contribution in [-0.4, -0.2) is 72.7 Å². The maximum absolute atomic E-state index is 12.4. The number of nitrogens with one attached hydrogen (secondary N) is 1. The maximum atomic E-state index is 12.4. The van der Waals surface area contributed by atoms with Gasteiger partial charge in [0.25, 0.3) is 16.0 Å². The Morgan fingerprint density at radius 3 is 2.52 bits per heavy atom. The number of β-amino-alcohol motifs (C(OH)–C–C–N with tert-alkyl or cyclic N) is 1. The number of ether oxygens (including phenoxy) is 1. The van der Waals surface area contributed by atoms with Crippen molar-refractivity contribution in [3.8, 4) is 0 Å². The summed E-state index contributed by atoms with van der Waals surface area (Å²) in [5.41, 5.74) is -1.05. The van der Waals surface area contributed by atoms with Crippen LogP contribution in [0, 0.1) is 0 Å². The number of carboxylic acid groups (broad SMARTS) is 1. The second-order valence-corrected chi connectivity index (χ2v) is 6.83. The number of anilines is 1. The number of carboxylic acids is 1. The van der Waals surface area contributed by atoms with E-state index in [4.69, 9.17) is 9.66 Å². The van der Waals surface area contributed by atoms with Crippen molar-refractivity contribution in [3.05, 3.63) is 35.0 Å². The minimum Gasteiger partial charge on any atom is -0.478 e. The van der Waals surface area contributed by atoms with Gasteiger partial charge in [0.15, 0.2) is 0 Å². The van der Waals surface area contributed by atoms with Crippen LogP contribution >= 0.6 is 0 Å². The molecule has 1 amide bonds. The zero-order valence-corrected chi connectivity index (χ0v) is 14.8. The van der Waals surface area contributed by atoms with Gasteiger partial charge < -0.3 is 25.2 Å². The van der Waals surface area contributed by atoms with E-state index in [-0.39, 0.29) is 36.7 Å². The SMILES string of the molecule is COC(=O)C1=C(Nc2ccc(S(=O)(=O)O)cc2C(=O)O)C(=O)N(CCO)C1. The Hall–Kier alpha value is -2.96. The third-order valence-electron chi connectivity index (χ3n) is 3.73. The van der Waals surface area contributed by atoms with Crippen LogP contribution in [0.2, 0.25) is 0 Å². The molecular formula is C15H16N2O9S. The fraction of sp³-hybridized carbons (Fsp3) is 0.267. The van der Waals surface area contributed by atoms with Crippen LogP contribution in [-0.2, 0) is 24.4 Å². The van der Waals surface area contributed by atoms with Crippen LogP contribution in [0.15, 0.2) is 34.4 Å². The first-order valence-electron chi connectivity index (χ1n) is 7.43. The van der Waals surface area contributed by atoms with E-state index < -0.39 is 38.4 Å². The van der Waals surface area contributed by atoms with Crippen LogP contribution < -0.4 is 5.32 Å². The normalized spacial score (nSPS) is 14.5. The molecule has 1 heterocycles. The Kier molecular flexibility index (Phi) is 5.83. The summed E-state index contributed by atoms with van der Waals surface area (Å²) < 4.78 is 36.1. The van der Waals surface area contributed by atoms with Gasteiger partial charge in [-0.15, -0.1) is 0 Å². The number of aromatic carboxylic acids is 1. The number of aliphatic hydroxyl groups is 1. The van der Waals surface area contributed by atoms with Crippen LogP contribution in [0.4, 0.5) is 5.69 Å². The molecule has 12 heteroatoms. The Labute approximate surface area is 153 Å². The average Bonchev–Trinajstić information content (AvgIpc) is 2.90. The van der Waals surface area contributed by atoms with E-state index in [9.17, 15) is 27.9 Å². The molecule has 4 N–H and O–H groups in total. The van der Waals surface area contributed by atoms with Gasteiger partial charge in [0, 0.05) is 6.54 Å². The van der Waals surface area contributed by atoms with Crippen LogP contribution in [0.5, 0.6) is 0 Å². The lowest BCUT2D eigenvalue weighted by atomic mass is 10.1. The monoisotopic (exact) mass is 400 g/mol. The summed E-state index contributed by atoms with van der Waals surface area (Å²) in [7, 11) is -3.53. The van der Waals surface area contributed by atoms with Gasteiger partial charge in [-0.2, -0.15) is 8.42 Å². The molecule has 0 unspecified atom stereocenters. The van der Waals surface area contributed by atoms with Crippen molar-refractivity contribution in [1.82, 2.24) is 4.90 Å². The fourth-order valence-electron chi connectivity index (χ4n) is 2.45. The zero-order valence-electron chi connectivity index (χ0n) is 14.0. The number of amides is 1. The molecule has 0 bridgehead atoms. The highest BCUT2D eigenvalue weighted by Gasteiger charge is 2.35. The molecule has 0 radical (unpaired) electrons. The van der Waals surface area contributed by atoms with Crippen LogP contribution in [0.3, 0.4) is 0 Å². The first-order chi connectivity index (χ1) is 12.6. The molecule has 0 aromatic heterocycles. The molecule has 11 nitrogen and oxygen atoms in total. The van der Waals surface area contributed by atoms with E-state index in [1.807, 2.05) is 0 Å². The molecule has 2 rings (SSSR count). The lowest BCUT2D eigenvalue weighted by Gasteiger charge is -2.15. The summed E-state index contributed by atoms with van der Waals surface area (Å²) in [6, 6.07) is 2.69. The highest BCUT2D eigenvalue weighted by Crippen LogP contribution is 2.26. The summed E-state index contributed by atoms with van der Waals surface area (Å²) in [5, 5.41) is 20.8. The zero-order chi connectivity index (χ0) is 20.4. The molecule has 1 aliphatic heterocycles. The molecule has 0 atom stereocenters. The predicted octanol–water partition coefficient (Wildman–Crippen LogP) is -0.695. The Bertz CT molecular complexity index is 937. The second kappa shape index (κ2) is 7.73. The minimum absolute atomic E-state index is 0.0576. The van der Waals surface area contributed by atoms with Crippen LogP contribution in [0.25, 0.3) is 0 Å². The number of rotatable bonds is 7. The molecule has 146 valence electrons. The van der Waals surface area contributed by atoms with Gasteiger partial charge >= 0.3 is 11.9 Å².